The van der Waals surface area contributed by atoms with E-state index in [4.69, 9.17) is 10.5 Å². The number of benzene rings is 1. The molecule has 0 saturated carbocycles. The minimum Gasteiger partial charge on any atom is -0.461 e. The lowest BCUT2D eigenvalue weighted by Gasteiger charge is -2.19. The Morgan fingerprint density at radius 3 is 2.75 bits per heavy atom. The van der Waals surface area contributed by atoms with Crippen molar-refractivity contribution >= 4 is 5.91 Å². The van der Waals surface area contributed by atoms with E-state index in [2.05, 4.69) is 31.9 Å². The van der Waals surface area contributed by atoms with Crippen LogP contribution in [0.2, 0.25) is 0 Å². The molecule has 28 heavy (non-hydrogen) atoms. The molecule has 0 saturated heterocycles. The second-order valence-corrected chi connectivity index (χ2v) is 7.82. The van der Waals surface area contributed by atoms with Gasteiger partial charge in [-0.1, -0.05) is 32.1 Å². The van der Waals surface area contributed by atoms with Crippen LogP contribution < -0.4 is 10.5 Å². The largest absolute Gasteiger partial charge is 0.461 e. The van der Waals surface area contributed by atoms with Gasteiger partial charge >= 0.3 is 0 Å². The number of nitrogens with zero attached hydrogens (tertiary/aromatic N) is 1. The summed E-state index contributed by atoms with van der Waals surface area (Å²) in [5.41, 5.74) is 7.75. The van der Waals surface area contributed by atoms with Gasteiger partial charge in [-0.2, -0.15) is 0 Å². The highest BCUT2D eigenvalue weighted by Gasteiger charge is 2.14. The molecule has 1 atom stereocenters. The number of hydrogen-bond acceptors (Lipinski definition) is 3. The number of nitrogens with two attached hydrogens (primary N) is 1. The molecule has 0 heterocycles. The maximum atomic E-state index is 14.1. The zero-order valence-corrected chi connectivity index (χ0v) is 17.2. The first kappa shape index (κ1) is 21.9. The molecule has 152 valence electrons. The van der Waals surface area contributed by atoms with E-state index in [1.807, 2.05) is 19.1 Å². The third-order valence-electron chi connectivity index (χ3n) is 4.64. The van der Waals surface area contributed by atoms with Gasteiger partial charge in [-0.25, -0.2) is 4.39 Å². The van der Waals surface area contributed by atoms with E-state index < -0.39 is 12.1 Å². The topological polar surface area (TPSA) is 55.6 Å². The standard InChI is InChI=1S/C23H31FN2O2/c1-16(2)11-12-26(4)15-18-5-10-22(17(3)13-18)28-21-9-7-19(23(25)27)6-8-20(24)14-21/h5-10,13,16,20H,11-12,14-15H2,1-4H3,(H2,25,27)/b8-6?,19-7+,21-9+. The number of carbonyl (C=O) groups excluding carboxylic acids is 1. The van der Waals surface area contributed by atoms with Crippen LogP contribution in [0.4, 0.5) is 4.39 Å². The van der Waals surface area contributed by atoms with Crippen molar-refractivity contribution < 1.29 is 13.9 Å². The van der Waals surface area contributed by atoms with E-state index >= 15 is 0 Å². The van der Waals surface area contributed by atoms with Gasteiger partial charge in [0.2, 0.25) is 5.91 Å². The highest BCUT2D eigenvalue weighted by atomic mass is 19.1. The third-order valence-corrected chi connectivity index (χ3v) is 4.64. The fourth-order valence-electron chi connectivity index (χ4n) is 2.95. The van der Waals surface area contributed by atoms with Crippen molar-refractivity contribution in [3.05, 3.63) is 65.0 Å². The van der Waals surface area contributed by atoms with Crippen molar-refractivity contribution in [2.24, 2.45) is 11.7 Å². The maximum absolute atomic E-state index is 14.1. The van der Waals surface area contributed by atoms with Crippen LogP contribution in [0, 0.1) is 12.8 Å². The Hall–Kier alpha value is -2.40. The zero-order chi connectivity index (χ0) is 20.7. The first-order chi connectivity index (χ1) is 13.2. The third kappa shape index (κ3) is 6.97. The van der Waals surface area contributed by atoms with E-state index in [1.54, 1.807) is 12.2 Å². The fourth-order valence-corrected chi connectivity index (χ4v) is 2.95. The molecule has 0 aromatic heterocycles. The molecule has 2 rings (SSSR count). The summed E-state index contributed by atoms with van der Waals surface area (Å²) in [6.07, 6.45) is 5.97. The summed E-state index contributed by atoms with van der Waals surface area (Å²) in [6.45, 7) is 8.37. The predicted molar refractivity (Wildman–Crippen MR) is 112 cm³/mol. The van der Waals surface area contributed by atoms with Gasteiger partial charge in [0.05, 0.1) is 0 Å². The quantitative estimate of drug-likeness (QED) is 0.718. The van der Waals surface area contributed by atoms with Crippen molar-refractivity contribution in [1.29, 1.82) is 0 Å². The Labute approximate surface area is 167 Å². The number of ether oxygens (including phenoxy) is 1. The molecule has 0 bridgehead atoms. The highest BCUT2D eigenvalue weighted by molar-refractivity contribution is 5.95. The highest BCUT2D eigenvalue weighted by Crippen LogP contribution is 2.25. The maximum Gasteiger partial charge on any atom is 0.248 e. The fraction of sp³-hybridized carbons (Fsp3) is 0.435. The average Bonchev–Trinajstić information content (AvgIpc) is 2.59. The van der Waals surface area contributed by atoms with Crippen LogP contribution in [-0.2, 0) is 11.3 Å². The first-order valence-corrected chi connectivity index (χ1v) is 9.73. The average molecular weight is 387 g/mol. The Bertz CT molecular complexity index is 781. The van der Waals surface area contributed by atoms with Crippen molar-refractivity contribution in [3.63, 3.8) is 0 Å². The number of primary amides is 1. The molecule has 2 N–H and O–H groups in total. The summed E-state index contributed by atoms with van der Waals surface area (Å²) in [5.74, 6) is 1.24. The summed E-state index contributed by atoms with van der Waals surface area (Å²) in [5, 5.41) is 0. The van der Waals surface area contributed by atoms with Crippen LogP contribution in [0.5, 0.6) is 5.75 Å². The number of aryl methyl sites for hydroxylation is 1. The normalized spacial score (nSPS) is 20.9. The van der Waals surface area contributed by atoms with Gasteiger partial charge in [-0.3, -0.25) is 4.79 Å². The minimum atomic E-state index is -1.23. The molecular weight excluding hydrogens is 355 g/mol. The van der Waals surface area contributed by atoms with Gasteiger partial charge < -0.3 is 15.4 Å². The Morgan fingerprint density at radius 1 is 1.36 bits per heavy atom. The molecule has 4 nitrogen and oxygen atoms in total. The number of allylic oxidation sites excluding steroid dienone is 4. The molecule has 1 aromatic rings. The van der Waals surface area contributed by atoms with E-state index in [9.17, 15) is 9.18 Å². The first-order valence-electron chi connectivity index (χ1n) is 9.73. The lowest BCUT2D eigenvalue weighted by Crippen LogP contribution is -2.20. The summed E-state index contributed by atoms with van der Waals surface area (Å²) in [7, 11) is 2.12. The number of rotatable bonds is 8. The molecule has 5 heteroatoms. The van der Waals surface area contributed by atoms with Crippen LogP contribution >= 0.6 is 0 Å². The molecule has 1 aliphatic rings. The summed E-state index contributed by atoms with van der Waals surface area (Å²) in [4.78, 5) is 13.7. The molecule has 0 fully saturated rings. The predicted octanol–water partition coefficient (Wildman–Crippen LogP) is 4.45. The van der Waals surface area contributed by atoms with Crippen LogP contribution in [0.3, 0.4) is 0 Å². The van der Waals surface area contributed by atoms with Crippen molar-refractivity contribution in [3.8, 4) is 5.75 Å². The summed E-state index contributed by atoms with van der Waals surface area (Å²) in [6, 6.07) is 6.06. The van der Waals surface area contributed by atoms with Gasteiger partial charge in [0.1, 0.15) is 17.7 Å². The smallest absolute Gasteiger partial charge is 0.248 e. The van der Waals surface area contributed by atoms with Gasteiger partial charge in [0, 0.05) is 18.5 Å². The molecule has 0 spiro atoms. The molecule has 1 aliphatic carbocycles. The molecule has 0 aliphatic heterocycles. The zero-order valence-electron chi connectivity index (χ0n) is 17.2. The van der Waals surface area contributed by atoms with Crippen LogP contribution in [0.25, 0.3) is 0 Å². The van der Waals surface area contributed by atoms with Gasteiger partial charge in [0.15, 0.2) is 0 Å². The van der Waals surface area contributed by atoms with E-state index in [0.717, 1.165) is 18.7 Å². The van der Waals surface area contributed by atoms with Crippen molar-refractivity contribution in [1.82, 2.24) is 4.90 Å². The van der Waals surface area contributed by atoms with Crippen LogP contribution in [0.15, 0.2) is 53.8 Å². The SMILES string of the molecule is Cc1cc(CN(C)CCC(C)C)ccc1O/C1=C/C=C(/C(N)=O)C=CC(F)C1. The second-order valence-electron chi connectivity index (χ2n) is 7.82. The van der Waals surface area contributed by atoms with E-state index in [-0.39, 0.29) is 12.0 Å². The molecule has 0 radical (unpaired) electrons. The second kappa shape index (κ2) is 10.2. The Balaban J connectivity index is 2.08. The summed E-state index contributed by atoms with van der Waals surface area (Å²) >= 11 is 0. The monoisotopic (exact) mass is 386 g/mol. The van der Waals surface area contributed by atoms with Crippen LogP contribution in [0.1, 0.15) is 37.8 Å². The lowest BCUT2D eigenvalue weighted by atomic mass is 10.1. The number of amides is 1. The molecular formula is C23H31FN2O2. The number of hydrogen-bond donors (Lipinski definition) is 1. The van der Waals surface area contributed by atoms with Gasteiger partial charge in [-0.15, -0.1) is 0 Å². The number of halogens is 1. The molecule has 1 aromatic carbocycles. The Morgan fingerprint density at radius 2 is 2.11 bits per heavy atom. The summed E-state index contributed by atoms with van der Waals surface area (Å²) < 4.78 is 20.0. The van der Waals surface area contributed by atoms with Gasteiger partial charge in [-0.05, 0) is 68.3 Å². The molecule has 1 unspecified atom stereocenters. The molecule has 1 amide bonds. The number of alkyl halides is 1. The lowest BCUT2D eigenvalue weighted by molar-refractivity contribution is -0.114. The van der Waals surface area contributed by atoms with Gasteiger partial charge in [0.25, 0.3) is 0 Å². The van der Waals surface area contributed by atoms with Crippen LogP contribution in [-0.4, -0.2) is 30.6 Å². The van der Waals surface area contributed by atoms with E-state index in [1.165, 1.54) is 24.1 Å². The van der Waals surface area contributed by atoms with E-state index in [0.29, 0.717) is 17.4 Å². The number of carbonyl (C=O) groups is 1. The minimum absolute atomic E-state index is 0.109. The van der Waals surface area contributed by atoms with Crippen molar-refractivity contribution in [2.45, 2.75) is 46.3 Å². The Kier molecular flexibility index (Phi) is 8.00. The van der Waals surface area contributed by atoms with Crippen molar-refractivity contribution in [2.75, 3.05) is 13.6 Å².